The van der Waals surface area contributed by atoms with E-state index in [1.807, 2.05) is 93.6 Å². The molecule has 55 heavy (non-hydrogen) atoms. The van der Waals surface area contributed by atoms with Gasteiger partial charge in [0.1, 0.15) is 11.0 Å². The number of benzene rings is 5. The number of thioether (sulfide) groups is 1. The van der Waals surface area contributed by atoms with Crippen LogP contribution in [0, 0.1) is 0 Å². The minimum absolute atomic E-state index is 0.251. The smallest absolute Gasteiger partial charge is 0.407 e. The molecule has 2 amide bonds. The maximum absolute atomic E-state index is 13.3. The highest BCUT2D eigenvalue weighted by Gasteiger charge is 2.38. The molecule has 0 bridgehead atoms. The van der Waals surface area contributed by atoms with Gasteiger partial charge in [0, 0.05) is 36.2 Å². The molecule has 12 heteroatoms. The number of sulfone groups is 1. The van der Waals surface area contributed by atoms with Crippen molar-refractivity contribution < 1.29 is 32.6 Å². The summed E-state index contributed by atoms with van der Waals surface area (Å²) < 4.78 is 29.8. The maximum atomic E-state index is 13.3. The van der Waals surface area contributed by atoms with Crippen LogP contribution in [0.4, 0.5) is 10.5 Å². The summed E-state index contributed by atoms with van der Waals surface area (Å²) in [7, 11) is -3.77. The Bertz CT molecular complexity index is 2100. The lowest BCUT2D eigenvalue weighted by molar-refractivity contribution is -0.137. The van der Waals surface area contributed by atoms with Gasteiger partial charge in [-0.05, 0) is 72.9 Å². The van der Waals surface area contributed by atoms with Gasteiger partial charge in [-0.2, -0.15) is 0 Å². The molecule has 0 aliphatic heterocycles. The van der Waals surface area contributed by atoms with E-state index in [9.17, 15) is 22.8 Å². The number of fused-ring (bicyclic) bond motifs is 1. The molecule has 4 N–H and O–H groups in total. The van der Waals surface area contributed by atoms with Gasteiger partial charge in [-0.25, -0.2) is 13.2 Å². The first-order chi connectivity index (χ1) is 26.2. The molecular weight excluding hydrogens is 735 g/mol. The highest BCUT2D eigenvalue weighted by molar-refractivity contribution is 8.00. The van der Waals surface area contributed by atoms with Gasteiger partial charge in [0.05, 0.1) is 10.8 Å². The first-order valence-electron chi connectivity index (χ1n) is 17.9. The molecule has 0 radical (unpaired) electrons. The number of carboxylic acids is 1. The number of hydrogen-bond acceptors (Lipinski definition) is 8. The number of carbonyl (C=O) groups excluding carboxylic acids is 2. The van der Waals surface area contributed by atoms with Crippen LogP contribution in [0.5, 0.6) is 0 Å². The molecule has 288 valence electrons. The van der Waals surface area contributed by atoms with Crippen molar-refractivity contribution in [2.75, 3.05) is 23.9 Å². The molecule has 0 aliphatic rings. The average molecular weight is 782 g/mol. The van der Waals surface area contributed by atoms with Gasteiger partial charge in [-0.15, -0.1) is 11.8 Å². The second-order valence-electron chi connectivity index (χ2n) is 14.3. The molecule has 0 aliphatic carbocycles. The zero-order valence-corrected chi connectivity index (χ0v) is 33.0. The summed E-state index contributed by atoms with van der Waals surface area (Å²) in [6.07, 6.45) is -0.223. The van der Waals surface area contributed by atoms with Crippen LogP contribution in [0.2, 0.25) is 0 Å². The highest BCUT2D eigenvalue weighted by atomic mass is 32.2. The lowest BCUT2D eigenvalue weighted by Gasteiger charge is -2.37. The number of amides is 2. The van der Waals surface area contributed by atoms with Crippen molar-refractivity contribution in [1.82, 2.24) is 10.6 Å². The third-order valence-corrected chi connectivity index (χ3v) is 12.0. The van der Waals surface area contributed by atoms with Crippen LogP contribution in [0.3, 0.4) is 0 Å². The summed E-state index contributed by atoms with van der Waals surface area (Å²) in [6, 6.07) is 41.2. The Morgan fingerprint density at radius 2 is 1.33 bits per heavy atom. The number of ether oxygens (including phenoxy) is 1. The monoisotopic (exact) mass is 781 g/mol. The molecule has 0 spiro atoms. The molecule has 0 aromatic heterocycles. The van der Waals surface area contributed by atoms with Crippen LogP contribution >= 0.6 is 11.8 Å². The van der Waals surface area contributed by atoms with Gasteiger partial charge >= 0.3 is 12.1 Å². The van der Waals surface area contributed by atoms with Crippen molar-refractivity contribution in [2.24, 2.45) is 0 Å². The molecule has 1 unspecified atom stereocenters. The first kappa shape index (κ1) is 40.8. The summed E-state index contributed by atoms with van der Waals surface area (Å²) >= 11 is 1.72. The van der Waals surface area contributed by atoms with E-state index >= 15 is 0 Å². The van der Waals surface area contributed by atoms with Crippen LogP contribution in [0.25, 0.3) is 10.8 Å². The van der Waals surface area contributed by atoms with E-state index in [1.54, 1.807) is 30.0 Å². The van der Waals surface area contributed by atoms with Gasteiger partial charge in [0.15, 0.2) is 9.84 Å². The molecule has 5 aromatic carbocycles. The number of rotatable bonds is 16. The Balaban J connectivity index is 1.42. The predicted octanol–water partition coefficient (Wildman–Crippen LogP) is 7.84. The minimum atomic E-state index is -3.77. The lowest BCUT2D eigenvalue weighted by Crippen LogP contribution is -2.45. The van der Waals surface area contributed by atoms with E-state index in [2.05, 4.69) is 52.3 Å². The quantitative estimate of drug-likeness (QED) is 0.0735. The number of aliphatic carboxylic acids is 1. The fraction of sp³-hybridized carbons (Fsp3) is 0.279. The molecule has 0 saturated carbocycles. The minimum Gasteiger partial charge on any atom is -0.481 e. The summed E-state index contributed by atoms with van der Waals surface area (Å²) in [6.45, 7) is 5.80. The number of carbonyl (C=O) groups is 3. The summed E-state index contributed by atoms with van der Waals surface area (Å²) in [4.78, 5) is 37.7. The second kappa shape index (κ2) is 17.9. The number of anilines is 1. The molecule has 0 heterocycles. The predicted molar refractivity (Wildman–Crippen MR) is 220 cm³/mol. The number of nitrogens with one attached hydrogen (secondary N) is 3. The van der Waals surface area contributed by atoms with Crippen molar-refractivity contribution in [3.63, 3.8) is 0 Å². The third kappa shape index (κ3) is 10.9. The Morgan fingerprint density at radius 3 is 1.84 bits per heavy atom. The van der Waals surface area contributed by atoms with Gasteiger partial charge in [0.2, 0.25) is 0 Å². The standard InChI is InChI=1S/C43H47N3O7S2/c1-42(2,3)53-41(50)45-35(29-54-43(31-16-8-5-9-17-31,32-18-10-6-11-19-32)33-20-12-7-13-21-33)28-44-34-23-24-36-30(27-34)15-14-22-37(36)40(49)46-38(55(4,51)52)25-26-39(47)48/h5-24,27,35,38,44H,25-26,28-29H2,1-4H3,(H,45,50)(H,46,49)(H,47,48)/t35-,38?/m1/s1. The van der Waals surface area contributed by atoms with Crippen LogP contribution < -0.4 is 16.0 Å². The fourth-order valence-corrected chi connectivity index (χ4v) is 8.75. The molecule has 10 nitrogen and oxygen atoms in total. The Kier molecular flexibility index (Phi) is 13.3. The van der Waals surface area contributed by atoms with Crippen molar-refractivity contribution in [2.45, 2.75) is 55.4 Å². The van der Waals surface area contributed by atoms with Gasteiger partial charge in [-0.3, -0.25) is 9.59 Å². The largest absolute Gasteiger partial charge is 0.481 e. The Labute approximate surface area is 327 Å². The zero-order chi connectivity index (χ0) is 39.6. The van der Waals surface area contributed by atoms with Gasteiger partial charge < -0.3 is 25.8 Å². The molecule has 0 fully saturated rings. The van der Waals surface area contributed by atoms with Crippen LogP contribution in [0.1, 0.15) is 60.7 Å². The zero-order valence-electron chi connectivity index (χ0n) is 31.3. The molecule has 0 saturated heterocycles. The number of carboxylic acid groups (broad SMARTS) is 1. The van der Waals surface area contributed by atoms with Crippen LogP contribution in [-0.2, 0) is 24.1 Å². The summed E-state index contributed by atoms with van der Waals surface area (Å²) in [5.41, 5.74) is 3.59. The molecule has 5 aromatic rings. The Morgan fingerprint density at radius 1 is 0.764 bits per heavy atom. The van der Waals surface area contributed by atoms with Crippen molar-refractivity contribution in [3.05, 3.63) is 150 Å². The van der Waals surface area contributed by atoms with Gasteiger partial charge in [-0.1, -0.05) is 109 Å². The SMILES string of the molecule is CC(C)(C)OC(=O)N[C@H](CNc1ccc2c(C(=O)NC(CCC(=O)O)S(C)(=O)=O)cccc2c1)CSC(c1ccccc1)(c1ccccc1)c1ccccc1. The number of alkyl carbamates (subject to hydrolysis) is 1. The summed E-state index contributed by atoms with van der Waals surface area (Å²) in [5, 5.41) is 18.1. The normalized spacial score (nSPS) is 13.0. The molecule has 2 atom stereocenters. The topological polar surface area (TPSA) is 151 Å². The number of hydrogen-bond donors (Lipinski definition) is 4. The summed E-state index contributed by atoms with van der Waals surface area (Å²) in [5.74, 6) is -1.28. The van der Waals surface area contributed by atoms with Gasteiger partial charge in [0.25, 0.3) is 5.91 Å². The van der Waals surface area contributed by atoms with Crippen molar-refractivity contribution in [1.29, 1.82) is 0 Å². The lowest BCUT2D eigenvalue weighted by atomic mass is 9.84. The third-order valence-electron chi connectivity index (χ3n) is 8.87. The molecule has 5 rings (SSSR count). The second-order valence-corrected chi connectivity index (χ2v) is 17.7. The fourth-order valence-electron chi connectivity index (χ4n) is 6.32. The van der Waals surface area contributed by atoms with E-state index in [1.165, 1.54) is 0 Å². The first-order valence-corrected chi connectivity index (χ1v) is 20.9. The van der Waals surface area contributed by atoms with Crippen LogP contribution in [-0.4, -0.2) is 67.1 Å². The Hall–Kier alpha value is -5.33. The van der Waals surface area contributed by atoms with Crippen molar-refractivity contribution >= 4 is 56.0 Å². The van der Waals surface area contributed by atoms with E-state index < -0.39 is 56.0 Å². The maximum Gasteiger partial charge on any atom is 0.407 e. The van der Waals surface area contributed by atoms with E-state index in [4.69, 9.17) is 9.84 Å². The average Bonchev–Trinajstić information content (AvgIpc) is 3.15. The highest BCUT2D eigenvalue weighted by Crippen LogP contribution is 2.48. The van der Waals surface area contributed by atoms with Crippen LogP contribution in [0.15, 0.2) is 127 Å². The van der Waals surface area contributed by atoms with E-state index in [0.29, 0.717) is 17.7 Å². The van der Waals surface area contributed by atoms with Crippen molar-refractivity contribution in [3.8, 4) is 0 Å². The van der Waals surface area contributed by atoms with E-state index in [0.717, 1.165) is 34.0 Å². The van der Waals surface area contributed by atoms with E-state index in [-0.39, 0.29) is 12.0 Å². The molecular formula is C43H47N3O7S2.